The molecule has 5 nitrogen and oxygen atoms in total. The summed E-state index contributed by atoms with van der Waals surface area (Å²) < 4.78 is 5.85. The van der Waals surface area contributed by atoms with Gasteiger partial charge >= 0.3 is 0 Å². The molecule has 0 bridgehead atoms. The summed E-state index contributed by atoms with van der Waals surface area (Å²) in [5.74, 6) is 0.559. The number of ether oxygens (including phenoxy) is 1. The molecule has 0 fully saturated rings. The number of amides is 1. The van der Waals surface area contributed by atoms with E-state index in [2.05, 4.69) is 11.4 Å². The molecule has 3 rings (SSSR count). The van der Waals surface area contributed by atoms with Gasteiger partial charge in [0.1, 0.15) is 11.5 Å². The first-order valence-electron chi connectivity index (χ1n) is 8.71. The number of phenolic OH excluding ortho intramolecular Hbond substituents is 1. The van der Waals surface area contributed by atoms with Gasteiger partial charge in [-0.05, 0) is 48.0 Å². The van der Waals surface area contributed by atoms with Crippen LogP contribution in [-0.2, 0) is 4.79 Å². The molecule has 0 saturated carbocycles. The minimum Gasteiger partial charge on any atom is -0.507 e. The van der Waals surface area contributed by atoms with Crippen LogP contribution in [0.3, 0.4) is 0 Å². The molecule has 0 aliphatic rings. The first-order chi connectivity index (χ1) is 13.9. The topological polar surface area (TPSA) is 82.3 Å². The summed E-state index contributed by atoms with van der Waals surface area (Å²) >= 11 is 12.6. The Morgan fingerprint density at radius 1 is 1.10 bits per heavy atom. The highest BCUT2D eigenvalue weighted by Crippen LogP contribution is 2.41. The van der Waals surface area contributed by atoms with Gasteiger partial charge in [-0.15, -0.1) is 0 Å². The van der Waals surface area contributed by atoms with Crippen molar-refractivity contribution in [2.45, 2.75) is 13.3 Å². The van der Waals surface area contributed by atoms with Gasteiger partial charge in [0, 0.05) is 17.7 Å². The van der Waals surface area contributed by atoms with Crippen molar-refractivity contribution in [1.82, 2.24) is 0 Å². The van der Waals surface area contributed by atoms with Crippen LogP contribution in [0, 0.1) is 11.3 Å². The molecule has 0 aliphatic carbocycles. The van der Waals surface area contributed by atoms with Crippen molar-refractivity contribution < 1.29 is 14.6 Å². The van der Waals surface area contributed by atoms with Crippen LogP contribution in [0.15, 0.2) is 54.6 Å². The fraction of sp³-hybridized carbons (Fsp3) is 0.0909. The molecule has 0 aromatic heterocycles. The van der Waals surface area contributed by atoms with Gasteiger partial charge in [0.15, 0.2) is 5.75 Å². The average molecular weight is 427 g/mol. The van der Waals surface area contributed by atoms with E-state index in [1.807, 2.05) is 0 Å². The van der Waals surface area contributed by atoms with Crippen LogP contribution in [0.1, 0.15) is 18.9 Å². The summed E-state index contributed by atoms with van der Waals surface area (Å²) in [7, 11) is 0. The van der Waals surface area contributed by atoms with Crippen molar-refractivity contribution in [1.29, 1.82) is 5.26 Å². The Hall–Kier alpha value is -3.20. The lowest BCUT2D eigenvalue weighted by Crippen LogP contribution is -2.09. The van der Waals surface area contributed by atoms with Crippen molar-refractivity contribution in [3.05, 3.63) is 70.2 Å². The summed E-state index contributed by atoms with van der Waals surface area (Å²) in [5.41, 5.74) is 2.26. The molecular formula is C22H16Cl2N2O3. The molecule has 3 aromatic rings. The van der Waals surface area contributed by atoms with Crippen molar-refractivity contribution in [2.24, 2.45) is 0 Å². The van der Waals surface area contributed by atoms with E-state index < -0.39 is 0 Å². The molecular weight excluding hydrogens is 411 g/mol. The Labute approximate surface area is 178 Å². The number of nitrogens with one attached hydrogen (secondary N) is 1. The maximum Gasteiger partial charge on any atom is 0.224 e. The first kappa shape index (κ1) is 20.5. The van der Waals surface area contributed by atoms with Gasteiger partial charge in [-0.3, -0.25) is 4.79 Å². The summed E-state index contributed by atoms with van der Waals surface area (Å²) in [4.78, 5) is 11.6. The molecule has 3 aromatic carbocycles. The minimum atomic E-state index is -0.156. The van der Waals surface area contributed by atoms with Crippen LogP contribution in [0.4, 0.5) is 5.69 Å². The number of rotatable bonds is 5. The summed E-state index contributed by atoms with van der Waals surface area (Å²) in [6.07, 6.45) is 0.332. The lowest BCUT2D eigenvalue weighted by atomic mass is 10.0. The predicted octanol–water partition coefficient (Wildman–Crippen LogP) is 6.38. The zero-order valence-electron chi connectivity index (χ0n) is 15.4. The molecule has 2 N–H and O–H groups in total. The van der Waals surface area contributed by atoms with Gasteiger partial charge in [-0.2, -0.15) is 5.26 Å². The lowest BCUT2D eigenvalue weighted by Gasteiger charge is -2.14. The van der Waals surface area contributed by atoms with Crippen LogP contribution >= 0.6 is 23.2 Å². The molecule has 0 heterocycles. The number of benzene rings is 3. The molecule has 0 saturated heterocycles. The van der Waals surface area contributed by atoms with Gasteiger partial charge in [0.05, 0.1) is 21.7 Å². The number of anilines is 1. The Bertz CT molecular complexity index is 1080. The Kier molecular flexibility index (Phi) is 6.28. The number of hydrogen-bond donors (Lipinski definition) is 2. The second-order valence-corrected chi connectivity index (χ2v) is 6.96. The molecule has 29 heavy (non-hydrogen) atoms. The number of hydrogen-bond acceptors (Lipinski definition) is 4. The third-order valence-corrected chi connectivity index (χ3v) is 4.68. The highest BCUT2D eigenvalue weighted by atomic mass is 35.5. The van der Waals surface area contributed by atoms with E-state index in [1.165, 1.54) is 6.07 Å². The maximum absolute atomic E-state index is 11.6. The molecule has 0 atom stereocenters. The Morgan fingerprint density at radius 3 is 2.34 bits per heavy atom. The van der Waals surface area contributed by atoms with Gasteiger partial charge in [-0.25, -0.2) is 0 Å². The fourth-order valence-electron chi connectivity index (χ4n) is 2.63. The summed E-state index contributed by atoms with van der Waals surface area (Å²) in [6.45, 7) is 1.74. The second kappa shape index (κ2) is 8.87. The van der Waals surface area contributed by atoms with Gasteiger partial charge in [-0.1, -0.05) is 42.3 Å². The predicted molar refractivity (Wildman–Crippen MR) is 114 cm³/mol. The van der Waals surface area contributed by atoms with E-state index in [4.69, 9.17) is 33.2 Å². The van der Waals surface area contributed by atoms with Crippen LogP contribution < -0.4 is 10.1 Å². The van der Waals surface area contributed by atoms with Crippen LogP contribution in [0.5, 0.6) is 17.2 Å². The zero-order chi connectivity index (χ0) is 21.0. The van der Waals surface area contributed by atoms with Gasteiger partial charge in [0.2, 0.25) is 5.91 Å². The SMILES string of the molecule is CCC(=O)Nc1cc(Cl)c(Oc2ccc(O)c(-c3ccc(C#N)cc3)c2)c(Cl)c1. The molecule has 7 heteroatoms. The van der Waals surface area contributed by atoms with Crippen LogP contribution in [-0.4, -0.2) is 11.0 Å². The quantitative estimate of drug-likeness (QED) is 0.495. The minimum absolute atomic E-state index is 0.0666. The van der Waals surface area contributed by atoms with E-state index in [9.17, 15) is 9.90 Å². The number of nitrogens with zero attached hydrogens (tertiary/aromatic N) is 1. The highest BCUT2D eigenvalue weighted by Gasteiger charge is 2.14. The maximum atomic E-state index is 11.6. The number of halogens is 2. The van der Waals surface area contributed by atoms with E-state index >= 15 is 0 Å². The monoisotopic (exact) mass is 426 g/mol. The number of carbonyl (C=O) groups excluding carboxylic acids is 1. The van der Waals surface area contributed by atoms with E-state index in [0.29, 0.717) is 29.0 Å². The van der Waals surface area contributed by atoms with E-state index in [-0.39, 0.29) is 27.5 Å². The average Bonchev–Trinajstić information content (AvgIpc) is 2.72. The number of phenols is 1. The Morgan fingerprint density at radius 2 is 1.76 bits per heavy atom. The molecule has 1 amide bonds. The fourth-order valence-corrected chi connectivity index (χ4v) is 3.20. The molecule has 146 valence electrons. The zero-order valence-corrected chi connectivity index (χ0v) is 16.9. The normalized spacial score (nSPS) is 10.3. The number of carbonyl (C=O) groups is 1. The third kappa shape index (κ3) is 4.80. The van der Waals surface area contributed by atoms with Gasteiger partial charge < -0.3 is 15.2 Å². The molecule has 0 unspecified atom stereocenters. The molecule has 0 radical (unpaired) electrons. The van der Waals surface area contributed by atoms with Crippen molar-refractivity contribution in [3.63, 3.8) is 0 Å². The van der Waals surface area contributed by atoms with E-state index in [1.54, 1.807) is 55.5 Å². The Balaban J connectivity index is 1.91. The van der Waals surface area contributed by atoms with Crippen LogP contribution in [0.2, 0.25) is 10.0 Å². The second-order valence-electron chi connectivity index (χ2n) is 6.14. The third-order valence-electron chi connectivity index (χ3n) is 4.12. The van der Waals surface area contributed by atoms with Gasteiger partial charge in [0.25, 0.3) is 0 Å². The molecule has 0 aliphatic heterocycles. The van der Waals surface area contributed by atoms with E-state index in [0.717, 1.165) is 5.56 Å². The number of aromatic hydroxyl groups is 1. The molecule has 0 spiro atoms. The van der Waals surface area contributed by atoms with Crippen LogP contribution in [0.25, 0.3) is 11.1 Å². The largest absolute Gasteiger partial charge is 0.507 e. The standard InChI is InChI=1S/C22H16Cl2N2O3/c1-2-21(28)26-15-9-18(23)22(19(24)10-15)29-16-7-8-20(27)17(11-16)14-5-3-13(12-25)4-6-14/h3-11,27H,2H2,1H3,(H,26,28). The lowest BCUT2D eigenvalue weighted by molar-refractivity contribution is -0.115. The smallest absolute Gasteiger partial charge is 0.224 e. The summed E-state index contributed by atoms with van der Waals surface area (Å²) in [5, 5.41) is 22.3. The van der Waals surface area contributed by atoms with Crippen molar-refractivity contribution in [3.8, 4) is 34.4 Å². The van der Waals surface area contributed by atoms with Crippen molar-refractivity contribution >= 4 is 34.8 Å². The van der Waals surface area contributed by atoms with Crippen molar-refractivity contribution in [2.75, 3.05) is 5.32 Å². The highest BCUT2D eigenvalue weighted by molar-refractivity contribution is 6.37. The summed E-state index contributed by atoms with van der Waals surface area (Å²) in [6, 6.07) is 16.7. The number of nitriles is 1. The first-order valence-corrected chi connectivity index (χ1v) is 9.47.